The number of hydrogen-bond acceptors (Lipinski definition) is 4. The first-order valence-corrected chi connectivity index (χ1v) is 7.27. The van der Waals surface area contributed by atoms with Gasteiger partial charge < -0.3 is 9.88 Å². The van der Waals surface area contributed by atoms with E-state index in [-0.39, 0.29) is 11.9 Å². The Labute approximate surface area is 128 Å². The van der Waals surface area contributed by atoms with Crippen LogP contribution in [0.5, 0.6) is 0 Å². The lowest BCUT2D eigenvalue weighted by atomic mass is 10.2. The second kappa shape index (κ2) is 6.38. The van der Waals surface area contributed by atoms with E-state index in [0.717, 1.165) is 24.0 Å². The minimum absolute atomic E-state index is 0.0123. The number of hydrogen-bond donors (Lipinski definition) is 1. The first-order valence-electron chi connectivity index (χ1n) is 7.27. The molecule has 1 aromatic carbocycles. The predicted octanol–water partition coefficient (Wildman–Crippen LogP) is 1.40. The normalized spacial score (nSPS) is 12.4. The van der Waals surface area contributed by atoms with E-state index in [1.165, 1.54) is 6.33 Å². The molecule has 2 aromatic heterocycles. The molecule has 0 aliphatic carbocycles. The first kappa shape index (κ1) is 14.2. The van der Waals surface area contributed by atoms with E-state index in [1.54, 1.807) is 17.3 Å². The van der Waals surface area contributed by atoms with E-state index in [2.05, 4.69) is 20.4 Å². The van der Waals surface area contributed by atoms with Crippen LogP contribution in [0, 0.1) is 0 Å². The summed E-state index contributed by atoms with van der Waals surface area (Å²) in [6, 6.07) is 7.50. The number of nitrogens with zero attached hydrogens (tertiary/aromatic N) is 5. The Kier molecular flexibility index (Phi) is 4.13. The van der Waals surface area contributed by atoms with E-state index in [0.29, 0.717) is 6.54 Å². The van der Waals surface area contributed by atoms with Gasteiger partial charge in [-0.1, -0.05) is 12.1 Å². The average molecular weight is 298 g/mol. The minimum atomic E-state index is -0.293. The predicted molar refractivity (Wildman–Crippen MR) is 82.1 cm³/mol. The molecule has 0 spiro atoms. The monoisotopic (exact) mass is 298 g/mol. The van der Waals surface area contributed by atoms with Crippen LogP contribution in [-0.2, 0) is 11.3 Å². The lowest BCUT2D eigenvalue weighted by Crippen LogP contribution is -2.31. The highest BCUT2D eigenvalue weighted by molar-refractivity contribution is 5.83. The SMILES string of the molecule is CC(C(=O)NCCCn1cncn1)n1cnc2ccccc21. The van der Waals surface area contributed by atoms with Crippen molar-refractivity contribution in [1.82, 2.24) is 29.6 Å². The van der Waals surface area contributed by atoms with Crippen LogP contribution in [0.3, 0.4) is 0 Å². The summed E-state index contributed by atoms with van der Waals surface area (Å²) in [6.45, 7) is 3.22. The van der Waals surface area contributed by atoms with Crippen LogP contribution in [0.2, 0.25) is 0 Å². The van der Waals surface area contributed by atoms with Crippen LogP contribution in [0.25, 0.3) is 11.0 Å². The third-order valence-corrected chi connectivity index (χ3v) is 3.61. The molecule has 0 saturated carbocycles. The molecule has 1 unspecified atom stereocenters. The molecule has 114 valence electrons. The Morgan fingerprint density at radius 1 is 1.32 bits per heavy atom. The molecule has 2 heterocycles. The molecule has 7 nitrogen and oxygen atoms in total. The Bertz CT molecular complexity index is 748. The Morgan fingerprint density at radius 2 is 2.18 bits per heavy atom. The number of carbonyl (C=O) groups excluding carboxylic acids is 1. The zero-order chi connectivity index (χ0) is 15.4. The van der Waals surface area contributed by atoms with Gasteiger partial charge in [0.05, 0.1) is 17.4 Å². The second-order valence-electron chi connectivity index (χ2n) is 5.12. The van der Waals surface area contributed by atoms with E-state index < -0.39 is 0 Å². The number of amides is 1. The fourth-order valence-electron chi connectivity index (χ4n) is 2.36. The van der Waals surface area contributed by atoms with Crippen molar-refractivity contribution in [2.24, 2.45) is 0 Å². The molecule has 22 heavy (non-hydrogen) atoms. The van der Waals surface area contributed by atoms with Crippen LogP contribution in [0.4, 0.5) is 0 Å². The van der Waals surface area contributed by atoms with Crippen molar-refractivity contribution < 1.29 is 4.79 Å². The van der Waals surface area contributed by atoms with Crippen molar-refractivity contribution in [3.63, 3.8) is 0 Å². The number of imidazole rings is 1. The number of benzene rings is 1. The highest BCUT2D eigenvalue weighted by Gasteiger charge is 2.16. The van der Waals surface area contributed by atoms with Gasteiger partial charge in [0.25, 0.3) is 0 Å². The van der Waals surface area contributed by atoms with Gasteiger partial charge in [0.2, 0.25) is 5.91 Å². The van der Waals surface area contributed by atoms with Gasteiger partial charge in [0, 0.05) is 13.1 Å². The molecule has 7 heteroatoms. The maximum absolute atomic E-state index is 12.3. The molecule has 1 amide bonds. The summed E-state index contributed by atoms with van der Waals surface area (Å²) >= 11 is 0. The van der Waals surface area contributed by atoms with Gasteiger partial charge in [-0.25, -0.2) is 9.97 Å². The summed E-state index contributed by atoms with van der Waals surface area (Å²) in [4.78, 5) is 20.4. The summed E-state index contributed by atoms with van der Waals surface area (Å²) in [5, 5.41) is 6.97. The number of carbonyl (C=O) groups is 1. The maximum Gasteiger partial charge on any atom is 0.242 e. The first-order chi connectivity index (χ1) is 10.8. The van der Waals surface area contributed by atoms with Crippen molar-refractivity contribution in [3.8, 4) is 0 Å². The van der Waals surface area contributed by atoms with E-state index in [9.17, 15) is 4.79 Å². The van der Waals surface area contributed by atoms with Gasteiger partial charge in [0.1, 0.15) is 18.7 Å². The summed E-state index contributed by atoms with van der Waals surface area (Å²) < 4.78 is 3.64. The minimum Gasteiger partial charge on any atom is -0.354 e. The van der Waals surface area contributed by atoms with Crippen molar-refractivity contribution in [2.75, 3.05) is 6.54 Å². The van der Waals surface area contributed by atoms with Crippen LogP contribution in [-0.4, -0.2) is 36.8 Å². The van der Waals surface area contributed by atoms with Crippen LogP contribution >= 0.6 is 0 Å². The van der Waals surface area contributed by atoms with E-state index in [1.807, 2.05) is 35.8 Å². The highest BCUT2D eigenvalue weighted by atomic mass is 16.2. The lowest BCUT2D eigenvalue weighted by Gasteiger charge is -2.14. The molecule has 0 saturated heterocycles. The lowest BCUT2D eigenvalue weighted by molar-refractivity contribution is -0.123. The van der Waals surface area contributed by atoms with Gasteiger partial charge >= 0.3 is 0 Å². The van der Waals surface area contributed by atoms with E-state index >= 15 is 0 Å². The molecule has 1 atom stereocenters. The van der Waals surface area contributed by atoms with E-state index in [4.69, 9.17) is 0 Å². The highest BCUT2D eigenvalue weighted by Crippen LogP contribution is 2.17. The van der Waals surface area contributed by atoms with Gasteiger partial charge in [0.15, 0.2) is 0 Å². The number of fused-ring (bicyclic) bond motifs is 1. The molecular weight excluding hydrogens is 280 g/mol. The smallest absolute Gasteiger partial charge is 0.242 e. The van der Waals surface area contributed by atoms with Crippen molar-refractivity contribution in [1.29, 1.82) is 0 Å². The third kappa shape index (κ3) is 2.98. The summed E-state index contributed by atoms with van der Waals surface area (Å²) in [7, 11) is 0. The molecule has 0 aliphatic heterocycles. The quantitative estimate of drug-likeness (QED) is 0.698. The van der Waals surface area contributed by atoms with Gasteiger partial charge in [-0.3, -0.25) is 9.48 Å². The van der Waals surface area contributed by atoms with Gasteiger partial charge in [-0.2, -0.15) is 5.10 Å². The summed E-state index contributed by atoms with van der Waals surface area (Å²) in [5.74, 6) is -0.0123. The molecule has 3 rings (SSSR count). The fraction of sp³-hybridized carbons (Fsp3) is 0.333. The van der Waals surface area contributed by atoms with Crippen molar-refractivity contribution >= 4 is 16.9 Å². The zero-order valence-electron chi connectivity index (χ0n) is 12.4. The van der Waals surface area contributed by atoms with Gasteiger partial charge in [-0.05, 0) is 25.5 Å². The molecule has 3 aromatic rings. The zero-order valence-corrected chi connectivity index (χ0v) is 12.4. The average Bonchev–Trinajstić information content (AvgIpc) is 3.20. The summed E-state index contributed by atoms with van der Waals surface area (Å²) in [5.41, 5.74) is 1.86. The molecule has 0 aliphatic rings. The molecule has 1 N–H and O–H groups in total. The Hall–Kier alpha value is -2.70. The molecular formula is C15H18N6O. The Morgan fingerprint density at radius 3 is 3.00 bits per heavy atom. The van der Waals surface area contributed by atoms with Crippen molar-refractivity contribution in [3.05, 3.63) is 43.2 Å². The number of rotatable bonds is 6. The number of aryl methyl sites for hydroxylation is 1. The number of para-hydroxylation sites is 2. The standard InChI is InChI=1S/C15H18N6O/c1-12(21-11-18-13-5-2-3-6-14(13)21)15(22)17-7-4-8-20-10-16-9-19-20/h2-3,5-6,9-12H,4,7-8H2,1H3,(H,17,22). The van der Waals surface area contributed by atoms with Crippen LogP contribution < -0.4 is 5.32 Å². The largest absolute Gasteiger partial charge is 0.354 e. The second-order valence-corrected chi connectivity index (χ2v) is 5.12. The van der Waals surface area contributed by atoms with Gasteiger partial charge in [-0.15, -0.1) is 0 Å². The Balaban J connectivity index is 1.55. The maximum atomic E-state index is 12.3. The molecule has 0 bridgehead atoms. The summed E-state index contributed by atoms with van der Waals surface area (Å²) in [6.07, 6.45) is 5.70. The number of aromatic nitrogens is 5. The van der Waals surface area contributed by atoms with Crippen molar-refractivity contribution in [2.45, 2.75) is 25.9 Å². The third-order valence-electron chi connectivity index (χ3n) is 3.61. The van der Waals surface area contributed by atoms with Crippen LogP contribution in [0.15, 0.2) is 43.2 Å². The fourth-order valence-corrected chi connectivity index (χ4v) is 2.36. The number of nitrogens with one attached hydrogen (secondary N) is 1. The molecule has 0 radical (unpaired) electrons. The van der Waals surface area contributed by atoms with Crippen LogP contribution in [0.1, 0.15) is 19.4 Å². The topological polar surface area (TPSA) is 77.6 Å². The molecule has 0 fully saturated rings.